The first-order valence-corrected chi connectivity index (χ1v) is 3.24. The second kappa shape index (κ2) is 4.97. The number of amides is 2. The topological polar surface area (TPSA) is 133 Å². The fourth-order valence-electron chi connectivity index (χ4n) is 0. The lowest BCUT2D eigenvalue weighted by Gasteiger charge is -1.82. The van der Waals surface area contributed by atoms with E-state index in [1.54, 1.807) is 0 Å². The molecule has 62 valence electrons. The van der Waals surface area contributed by atoms with Crippen LogP contribution in [0.15, 0.2) is 0 Å². The second-order valence-corrected chi connectivity index (χ2v) is 2.19. The van der Waals surface area contributed by atoms with Crippen LogP contribution in [0.1, 0.15) is 0 Å². The third kappa shape index (κ3) is 58.8. The normalized spacial score (nSPS) is 9.40. The Kier molecular flexibility index (Phi) is 5.90. The standard InChI is InChI=1S/CH4N2O.CH4O4S/c2-1(3)4;1-5-6(2,3)4/h(H4,2,3,4);1H3,(H,2,3,4). The van der Waals surface area contributed by atoms with E-state index in [0.29, 0.717) is 0 Å². The summed E-state index contributed by atoms with van der Waals surface area (Å²) in [6.07, 6.45) is 0. The van der Waals surface area contributed by atoms with Gasteiger partial charge in [-0.3, -0.25) is 8.74 Å². The van der Waals surface area contributed by atoms with Crippen LogP contribution in [0.4, 0.5) is 4.79 Å². The molecule has 0 aliphatic rings. The quantitative estimate of drug-likeness (QED) is 0.412. The molecule has 0 spiro atoms. The molecule has 8 heteroatoms. The Balaban J connectivity index is 0. The highest BCUT2D eigenvalue weighted by atomic mass is 32.3. The molecule has 0 fully saturated rings. The van der Waals surface area contributed by atoms with E-state index in [0.717, 1.165) is 7.11 Å². The van der Waals surface area contributed by atoms with Gasteiger partial charge in [0.1, 0.15) is 0 Å². The van der Waals surface area contributed by atoms with Crippen molar-refractivity contribution in [3.8, 4) is 0 Å². The largest absolute Gasteiger partial charge is 0.397 e. The molecule has 0 rings (SSSR count). The van der Waals surface area contributed by atoms with Crippen molar-refractivity contribution in [1.82, 2.24) is 0 Å². The molecule has 0 aromatic heterocycles. The Bertz CT molecular complexity index is 180. The van der Waals surface area contributed by atoms with Crippen molar-refractivity contribution in [3.63, 3.8) is 0 Å². The minimum Gasteiger partial charge on any atom is -0.352 e. The summed E-state index contributed by atoms with van der Waals surface area (Å²) in [5.41, 5.74) is 8.50. The molecule has 0 aromatic carbocycles. The minimum atomic E-state index is -4.16. The average Bonchev–Trinajstić information content (AvgIpc) is 1.63. The Morgan fingerprint density at radius 1 is 1.50 bits per heavy atom. The maximum Gasteiger partial charge on any atom is 0.397 e. The highest BCUT2D eigenvalue weighted by molar-refractivity contribution is 7.80. The van der Waals surface area contributed by atoms with Crippen molar-refractivity contribution in [3.05, 3.63) is 0 Å². The number of hydrogen-bond acceptors (Lipinski definition) is 4. The zero-order valence-corrected chi connectivity index (χ0v) is 5.96. The molecule has 0 aromatic rings. The molecule has 0 bridgehead atoms. The fourth-order valence-corrected chi connectivity index (χ4v) is 0. The van der Waals surface area contributed by atoms with Gasteiger partial charge in [0.15, 0.2) is 0 Å². The van der Waals surface area contributed by atoms with Gasteiger partial charge in [0.2, 0.25) is 0 Å². The lowest BCUT2D eigenvalue weighted by atomic mass is 11.2. The zero-order valence-electron chi connectivity index (χ0n) is 5.14. The van der Waals surface area contributed by atoms with Gasteiger partial charge in [0, 0.05) is 0 Å². The molecule has 0 radical (unpaired) electrons. The van der Waals surface area contributed by atoms with Crippen LogP contribution in [0.3, 0.4) is 0 Å². The van der Waals surface area contributed by atoms with Gasteiger partial charge in [-0.25, -0.2) is 4.79 Å². The summed E-state index contributed by atoms with van der Waals surface area (Å²) in [6, 6.07) is -0.833. The monoisotopic (exact) mass is 172 g/mol. The summed E-state index contributed by atoms with van der Waals surface area (Å²) in [5, 5.41) is 0. The third-order valence-corrected chi connectivity index (χ3v) is 0.632. The van der Waals surface area contributed by atoms with E-state index < -0.39 is 16.4 Å². The van der Waals surface area contributed by atoms with E-state index in [9.17, 15) is 8.42 Å². The molecular weight excluding hydrogens is 164 g/mol. The average molecular weight is 172 g/mol. The van der Waals surface area contributed by atoms with Crippen LogP contribution >= 0.6 is 0 Å². The number of hydrogen-bond donors (Lipinski definition) is 3. The van der Waals surface area contributed by atoms with Gasteiger partial charge in [0.05, 0.1) is 7.11 Å². The summed E-state index contributed by atoms with van der Waals surface area (Å²) in [5.74, 6) is 0. The van der Waals surface area contributed by atoms with Gasteiger partial charge in [0.25, 0.3) is 0 Å². The van der Waals surface area contributed by atoms with E-state index in [4.69, 9.17) is 9.35 Å². The zero-order chi connectivity index (χ0) is 8.78. The first kappa shape index (κ1) is 11.9. The Hall–Kier alpha value is -0.860. The highest BCUT2D eigenvalue weighted by Gasteiger charge is 1.93. The lowest BCUT2D eigenvalue weighted by Crippen LogP contribution is -2.18. The molecule has 10 heavy (non-hydrogen) atoms. The molecule has 0 saturated heterocycles. The van der Waals surface area contributed by atoms with Gasteiger partial charge < -0.3 is 11.5 Å². The number of primary amides is 2. The lowest BCUT2D eigenvalue weighted by molar-refractivity contribution is 0.256. The molecule has 0 heterocycles. The van der Waals surface area contributed by atoms with Crippen LogP contribution < -0.4 is 11.5 Å². The number of rotatable bonds is 1. The van der Waals surface area contributed by atoms with E-state index in [1.807, 2.05) is 0 Å². The maximum absolute atomic E-state index is 9.33. The van der Waals surface area contributed by atoms with Crippen LogP contribution in [0.5, 0.6) is 0 Å². The molecule has 7 nitrogen and oxygen atoms in total. The summed E-state index contributed by atoms with van der Waals surface area (Å²) in [4.78, 5) is 9.00. The van der Waals surface area contributed by atoms with Crippen molar-refractivity contribution in [2.45, 2.75) is 0 Å². The number of carbonyl (C=O) groups is 1. The summed E-state index contributed by atoms with van der Waals surface area (Å²) >= 11 is 0. The van der Waals surface area contributed by atoms with E-state index >= 15 is 0 Å². The van der Waals surface area contributed by atoms with Crippen molar-refractivity contribution in [1.29, 1.82) is 0 Å². The summed E-state index contributed by atoms with van der Waals surface area (Å²) in [6.45, 7) is 0. The van der Waals surface area contributed by atoms with Crippen LogP contribution in [-0.2, 0) is 14.6 Å². The van der Waals surface area contributed by atoms with Crippen molar-refractivity contribution in [2.75, 3.05) is 7.11 Å². The van der Waals surface area contributed by atoms with Crippen LogP contribution in [0, 0.1) is 0 Å². The van der Waals surface area contributed by atoms with E-state index in [2.05, 4.69) is 15.7 Å². The van der Waals surface area contributed by atoms with Gasteiger partial charge in [-0.1, -0.05) is 0 Å². The highest BCUT2D eigenvalue weighted by Crippen LogP contribution is 1.74. The van der Waals surface area contributed by atoms with E-state index in [-0.39, 0.29) is 0 Å². The summed E-state index contributed by atoms with van der Waals surface area (Å²) < 4.78 is 29.7. The van der Waals surface area contributed by atoms with Crippen LogP contribution in [-0.4, -0.2) is 26.1 Å². The minimum absolute atomic E-state index is 0.833. The molecule has 0 atom stereocenters. The van der Waals surface area contributed by atoms with Crippen LogP contribution in [0.2, 0.25) is 0 Å². The number of urea groups is 1. The van der Waals surface area contributed by atoms with Crippen molar-refractivity contribution in [2.24, 2.45) is 11.5 Å². The molecule has 0 aliphatic carbocycles. The van der Waals surface area contributed by atoms with E-state index in [1.165, 1.54) is 0 Å². The predicted molar refractivity (Wildman–Crippen MR) is 32.3 cm³/mol. The maximum atomic E-state index is 9.33. The Morgan fingerprint density at radius 3 is 1.60 bits per heavy atom. The van der Waals surface area contributed by atoms with Gasteiger partial charge >= 0.3 is 16.4 Å². The van der Waals surface area contributed by atoms with Gasteiger partial charge in [-0.2, -0.15) is 8.42 Å². The second-order valence-electron chi connectivity index (χ2n) is 0.997. The van der Waals surface area contributed by atoms with Gasteiger partial charge in [-0.05, 0) is 0 Å². The molecule has 5 N–H and O–H groups in total. The van der Waals surface area contributed by atoms with Crippen molar-refractivity contribution < 1.29 is 21.9 Å². The SMILES string of the molecule is COS(=O)(=O)O.NC(N)=O. The van der Waals surface area contributed by atoms with Crippen molar-refractivity contribution >= 4 is 16.4 Å². The molecule has 2 amide bonds. The van der Waals surface area contributed by atoms with Crippen LogP contribution in [0.25, 0.3) is 0 Å². The van der Waals surface area contributed by atoms with Gasteiger partial charge in [-0.15, -0.1) is 0 Å². The molecule has 0 saturated carbocycles. The summed E-state index contributed by atoms with van der Waals surface area (Å²) in [7, 11) is -3.29. The Morgan fingerprint density at radius 2 is 1.60 bits per heavy atom. The fraction of sp³-hybridized carbons (Fsp3) is 0.500. The first-order chi connectivity index (χ1) is 4.29. The Labute approximate surface area is 57.9 Å². The first-order valence-electron chi connectivity index (χ1n) is 1.87. The number of nitrogens with two attached hydrogens (primary N) is 2. The smallest absolute Gasteiger partial charge is 0.352 e. The third-order valence-electron chi connectivity index (χ3n) is 0.211. The molecule has 0 unspecified atom stereocenters. The molecular formula is C2H8N2O5S. The molecule has 0 aliphatic heterocycles. The predicted octanol–water partition coefficient (Wildman–Crippen LogP) is -1.54. The number of carbonyl (C=O) groups excluding carboxylic acids is 1.